The molecule has 1 aromatic carbocycles. The van der Waals surface area contributed by atoms with Crippen molar-refractivity contribution in [2.75, 3.05) is 7.05 Å². The van der Waals surface area contributed by atoms with Crippen molar-refractivity contribution in [2.45, 2.75) is 19.9 Å². The lowest BCUT2D eigenvalue weighted by atomic mass is 10.2. The molecule has 1 N–H and O–H groups in total. The lowest BCUT2D eigenvalue weighted by molar-refractivity contribution is 0.627. The molecule has 0 aliphatic heterocycles. The fraction of sp³-hybridized carbons (Fsp3) is 0.333. The van der Waals surface area contributed by atoms with E-state index in [9.17, 15) is 0 Å². The number of nitrogens with zero attached hydrogens (tertiary/aromatic N) is 3. The molecule has 0 fully saturated rings. The van der Waals surface area contributed by atoms with Gasteiger partial charge < -0.3 is 5.32 Å². The first-order valence-electron chi connectivity index (χ1n) is 5.59. The number of halogens is 2. The average Bonchev–Trinajstić information content (AvgIpc) is 2.70. The molecular weight excluding hydrogens is 271 g/mol. The second kappa shape index (κ2) is 5.26. The Bertz CT molecular complexity index is 565. The Morgan fingerprint density at radius 1 is 1.33 bits per heavy atom. The van der Waals surface area contributed by atoms with Crippen LogP contribution in [0.15, 0.2) is 18.2 Å². The standard InChI is InChI=1S/C12H14Cl2N4/c1-7(15-3)12-8(2)18(17-16-12)11-5-4-9(13)6-10(11)14/h4-7,15H,1-3H3. The monoisotopic (exact) mass is 284 g/mol. The summed E-state index contributed by atoms with van der Waals surface area (Å²) in [5.74, 6) is 0. The minimum atomic E-state index is 0.143. The van der Waals surface area contributed by atoms with Crippen LogP contribution in [0.25, 0.3) is 5.69 Å². The average molecular weight is 285 g/mol. The van der Waals surface area contributed by atoms with Gasteiger partial charge >= 0.3 is 0 Å². The molecule has 1 atom stereocenters. The maximum atomic E-state index is 6.17. The first-order valence-corrected chi connectivity index (χ1v) is 6.35. The Hall–Kier alpha value is -1.10. The van der Waals surface area contributed by atoms with Gasteiger partial charge in [0.25, 0.3) is 0 Å². The molecule has 1 aromatic heterocycles. The molecule has 18 heavy (non-hydrogen) atoms. The molecule has 96 valence electrons. The van der Waals surface area contributed by atoms with Gasteiger partial charge in [-0.1, -0.05) is 28.4 Å². The summed E-state index contributed by atoms with van der Waals surface area (Å²) in [7, 11) is 1.89. The van der Waals surface area contributed by atoms with Crippen LogP contribution in [0.2, 0.25) is 10.0 Å². The highest BCUT2D eigenvalue weighted by molar-refractivity contribution is 6.35. The maximum Gasteiger partial charge on any atom is 0.103 e. The Balaban J connectivity index is 2.49. The molecule has 6 heteroatoms. The van der Waals surface area contributed by atoms with Crippen LogP contribution >= 0.6 is 23.2 Å². The zero-order valence-corrected chi connectivity index (χ0v) is 11.9. The van der Waals surface area contributed by atoms with Crippen LogP contribution in [-0.4, -0.2) is 22.0 Å². The summed E-state index contributed by atoms with van der Waals surface area (Å²) >= 11 is 12.1. The van der Waals surface area contributed by atoms with E-state index in [4.69, 9.17) is 23.2 Å². The van der Waals surface area contributed by atoms with E-state index in [1.165, 1.54) is 0 Å². The van der Waals surface area contributed by atoms with Crippen molar-refractivity contribution in [3.63, 3.8) is 0 Å². The van der Waals surface area contributed by atoms with Gasteiger partial charge in [-0.3, -0.25) is 0 Å². The molecule has 2 rings (SSSR count). The van der Waals surface area contributed by atoms with Crippen molar-refractivity contribution in [2.24, 2.45) is 0 Å². The lowest BCUT2D eigenvalue weighted by Crippen LogP contribution is -2.14. The third-order valence-electron chi connectivity index (χ3n) is 2.91. The van der Waals surface area contributed by atoms with Gasteiger partial charge in [0, 0.05) is 5.02 Å². The first-order chi connectivity index (χ1) is 8.54. The smallest absolute Gasteiger partial charge is 0.103 e. The molecule has 2 aromatic rings. The summed E-state index contributed by atoms with van der Waals surface area (Å²) in [6, 6.07) is 5.45. The summed E-state index contributed by atoms with van der Waals surface area (Å²) in [4.78, 5) is 0. The highest BCUT2D eigenvalue weighted by Crippen LogP contribution is 2.26. The predicted octanol–water partition coefficient (Wildman–Crippen LogP) is 3.16. The number of hydrogen-bond acceptors (Lipinski definition) is 3. The molecule has 0 spiro atoms. The van der Waals surface area contributed by atoms with Crippen LogP contribution in [0.3, 0.4) is 0 Å². The third-order valence-corrected chi connectivity index (χ3v) is 3.45. The van der Waals surface area contributed by atoms with Crippen LogP contribution in [0.1, 0.15) is 24.4 Å². The molecule has 0 bridgehead atoms. The van der Waals surface area contributed by atoms with Gasteiger partial charge in [-0.15, -0.1) is 5.10 Å². The zero-order valence-electron chi connectivity index (χ0n) is 10.4. The summed E-state index contributed by atoms with van der Waals surface area (Å²) in [6.07, 6.45) is 0. The van der Waals surface area contributed by atoms with E-state index in [0.717, 1.165) is 17.1 Å². The molecule has 0 radical (unpaired) electrons. The van der Waals surface area contributed by atoms with E-state index in [1.807, 2.05) is 27.0 Å². The molecular formula is C12H14Cl2N4. The van der Waals surface area contributed by atoms with Gasteiger partial charge in [0.2, 0.25) is 0 Å². The lowest BCUT2D eigenvalue weighted by Gasteiger charge is -2.09. The van der Waals surface area contributed by atoms with Crippen LogP contribution in [-0.2, 0) is 0 Å². The van der Waals surface area contributed by atoms with Gasteiger partial charge in [0.1, 0.15) is 5.69 Å². The summed E-state index contributed by atoms with van der Waals surface area (Å²) < 4.78 is 1.72. The van der Waals surface area contributed by atoms with E-state index in [0.29, 0.717) is 10.0 Å². The minimum absolute atomic E-state index is 0.143. The Morgan fingerprint density at radius 3 is 2.67 bits per heavy atom. The van der Waals surface area contributed by atoms with Crippen molar-refractivity contribution >= 4 is 23.2 Å². The Kier molecular flexibility index (Phi) is 3.90. The quantitative estimate of drug-likeness (QED) is 0.942. The number of hydrogen-bond donors (Lipinski definition) is 1. The van der Waals surface area contributed by atoms with Crippen molar-refractivity contribution in [1.82, 2.24) is 20.3 Å². The van der Waals surface area contributed by atoms with Gasteiger partial charge in [0.05, 0.1) is 22.4 Å². The topological polar surface area (TPSA) is 42.7 Å². The van der Waals surface area contributed by atoms with E-state index in [-0.39, 0.29) is 6.04 Å². The number of nitrogens with one attached hydrogen (secondary N) is 1. The van der Waals surface area contributed by atoms with Gasteiger partial charge in [-0.2, -0.15) is 0 Å². The fourth-order valence-corrected chi connectivity index (χ4v) is 2.25. The third kappa shape index (κ3) is 2.36. The molecule has 1 heterocycles. The van der Waals surface area contributed by atoms with Crippen LogP contribution in [0.5, 0.6) is 0 Å². The number of benzene rings is 1. The van der Waals surface area contributed by atoms with Gasteiger partial charge in [-0.25, -0.2) is 4.68 Å². The van der Waals surface area contributed by atoms with Crippen LogP contribution in [0.4, 0.5) is 0 Å². The largest absolute Gasteiger partial charge is 0.312 e. The summed E-state index contributed by atoms with van der Waals surface area (Å²) in [5, 5.41) is 12.6. The first kappa shape index (κ1) is 13.3. The second-order valence-corrected chi connectivity index (χ2v) is 4.92. The van der Waals surface area contributed by atoms with E-state index < -0.39 is 0 Å². The van der Waals surface area contributed by atoms with Crippen LogP contribution in [0, 0.1) is 6.92 Å². The zero-order chi connectivity index (χ0) is 13.3. The van der Waals surface area contributed by atoms with E-state index in [2.05, 4.69) is 15.6 Å². The molecule has 0 amide bonds. The molecule has 1 unspecified atom stereocenters. The molecule has 0 aliphatic carbocycles. The second-order valence-electron chi connectivity index (χ2n) is 4.08. The predicted molar refractivity (Wildman–Crippen MR) is 73.6 cm³/mol. The van der Waals surface area contributed by atoms with Crippen molar-refractivity contribution in [3.05, 3.63) is 39.6 Å². The Morgan fingerprint density at radius 2 is 2.06 bits per heavy atom. The van der Waals surface area contributed by atoms with Crippen molar-refractivity contribution in [3.8, 4) is 5.69 Å². The van der Waals surface area contributed by atoms with Crippen LogP contribution < -0.4 is 5.32 Å². The van der Waals surface area contributed by atoms with Crippen molar-refractivity contribution < 1.29 is 0 Å². The molecule has 0 saturated heterocycles. The maximum absolute atomic E-state index is 6.17. The van der Waals surface area contributed by atoms with Crippen molar-refractivity contribution in [1.29, 1.82) is 0 Å². The highest BCUT2D eigenvalue weighted by atomic mass is 35.5. The minimum Gasteiger partial charge on any atom is -0.312 e. The number of rotatable bonds is 3. The summed E-state index contributed by atoms with van der Waals surface area (Å²) in [5.41, 5.74) is 2.64. The van der Waals surface area contributed by atoms with E-state index >= 15 is 0 Å². The molecule has 0 saturated carbocycles. The van der Waals surface area contributed by atoms with E-state index in [1.54, 1.807) is 16.8 Å². The molecule has 4 nitrogen and oxygen atoms in total. The normalized spacial score (nSPS) is 12.7. The van der Waals surface area contributed by atoms with Gasteiger partial charge in [-0.05, 0) is 39.1 Å². The SMILES string of the molecule is CNC(C)c1nnn(-c2ccc(Cl)cc2Cl)c1C. The molecule has 0 aliphatic rings. The van der Waals surface area contributed by atoms with Gasteiger partial charge in [0.15, 0.2) is 0 Å². The Labute approximate surface area is 116 Å². The fourth-order valence-electron chi connectivity index (χ4n) is 1.76. The highest BCUT2D eigenvalue weighted by Gasteiger charge is 2.16. The number of aromatic nitrogens is 3. The summed E-state index contributed by atoms with van der Waals surface area (Å²) in [6.45, 7) is 4.00.